The molecule has 0 fully saturated rings. The highest BCUT2D eigenvalue weighted by molar-refractivity contribution is 14.1. The highest BCUT2D eigenvalue weighted by Gasteiger charge is 2.16. The molecule has 0 aliphatic carbocycles. The largest absolute Gasteiger partial charge is 0.330 e. The van der Waals surface area contributed by atoms with Gasteiger partial charge in [0.15, 0.2) is 5.11 Å². The summed E-state index contributed by atoms with van der Waals surface area (Å²) in [7, 11) is 0. The Morgan fingerprint density at radius 1 is 1.29 bits per heavy atom. The molecular formula is C15H11FIN3O3S. The molecule has 2 rings (SSSR count). The molecule has 0 unspecified atom stereocenters. The zero-order chi connectivity index (χ0) is 17.9. The Morgan fingerprint density at radius 3 is 2.62 bits per heavy atom. The highest BCUT2D eigenvalue weighted by atomic mass is 127. The molecule has 0 radical (unpaired) electrons. The molecule has 2 aromatic carbocycles. The van der Waals surface area contributed by atoms with E-state index in [2.05, 4.69) is 10.6 Å². The van der Waals surface area contributed by atoms with Gasteiger partial charge in [0.1, 0.15) is 5.82 Å². The van der Waals surface area contributed by atoms with E-state index in [0.717, 1.165) is 3.57 Å². The lowest BCUT2D eigenvalue weighted by Crippen LogP contribution is -2.34. The minimum absolute atomic E-state index is 0.0829. The third-order valence-corrected chi connectivity index (χ3v) is 3.95. The van der Waals surface area contributed by atoms with E-state index in [1.165, 1.54) is 30.3 Å². The van der Waals surface area contributed by atoms with Crippen LogP contribution in [0, 0.1) is 26.4 Å². The molecule has 2 N–H and O–H groups in total. The zero-order valence-electron chi connectivity index (χ0n) is 12.3. The van der Waals surface area contributed by atoms with E-state index in [0.29, 0.717) is 5.56 Å². The number of thiocarbonyl (C=S) groups is 1. The summed E-state index contributed by atoms with van der Waals surface area (Å²) >= 11 is 6.94. The molecule has 0 bridgehead atoms. The Balaban J connectivity index is 2.10. The summed E-state index contributed by atoms with van der Waals surface area (Å²) in [6, 6.07) is 8.58. The number of halogens is 2. The number of carbonyl (C=O) groups is 1. The van der Waals surface area contributed by atoms with Crippen molar-refractivity contribution in [2.24, 2.45) is 0 Å². The molecule has 1 amide bonds. The van der Waals surface area contributed by atoms with Gasteiger partial charge in [0, 0.05) is 20.8 Å². The second kappa shape index (κ2) is 7.62. The molecule has 0 aliphatic rings. The average molecular weight is 459 g/mol. The minimum Gasteiger partial charge on any atom is -0.330 e. The van der Waals surface area contributed by atoms with Crippen molar-refractivity contribution in [2.75, 3.05) is 5.32 Å². The van der Waals surface area contributed by atoms with Crippen LogP contribution in [0.15, 0.2) is 36.4 Å². The third-order valence-electron chi connectivity index (χ3n) is 3.07. The van der Waals surface area contributed by atoms with Gasteiger partial charge in [-0.3, -0.25) is 20.2 Å². The van der Waals surface area contributed by atoms with E-state index < -0.39 is 16.6 Å². The van der Waals surface area contributed by atoms with Gasteiger partial charge in [0.05, 0.1) is 10.6 Å². The highest BCUT2D eigenvalue weighted by Crippen LogP contribution is 2.19. The van der Waals surface area contributed by atoms with Crippen molar-refractivity contribution < 1.29 is 14.1 Å². The van der Waals surface area contributed by atoms with Crippen molar-refractivity contribution in [1.29, 1.82) is 0 Å². The number of nitrogens with one attached hydrogen (secondary N) is 2. The fraction of sp³-hybridized carbons (Fsp3) is 0.0667. The van der Waals surface area contributed by atoms with Crippen LogP contribution in [0.3, 0.4) is 0 Å². The van der Waals surface area contributed by atoms with E-state index in [1.54, 1.807) is 13.0 Å². The Labute approximate surface area is 155 Å². The van der Waals surface area contributed by atoms with Crippen molar-refractivity contribution >= 4 is 57.2 Å². The second-order valence-electron chi connectivity index (χ2n) is 4.79. The van der Waals surface area contributed by atoms with E-state index in [4.69, 9.17) is 12.2 Å². The molecule has 0 aliphatic heterocycles. The van der Waals surface area contributed by atoms with Gasteiger partial charge in [-0.15, -0.1) is 0 Å². The van der Waals surface area contributed by atoms with E-state index in [1.807, 2.05) is 22.6 Å². The maximum atomic E-state index is 13.7. The standard InChI is InChI=1S/C15H11FIN3O3S/c1-8-2-3-9(6-13(8)20(22)23)14(21)19-15(24)18-12-5-4-10(17)7-11(12)16/h2-7H,1H3,(H2,18,19,21,24). The van der Waals surface area contributed by atoms with Gasteiger partial charge in [0.25, 0.3) is 11.6 Å². The van der Waals surface area contributed by atoms with Crippen LogP contribution in [0.5, 0.6) is 0 Å². The summed E-state index contributed by atoms with van der Waals surface area (Å²) in [5.41, 5.74) is 0.485. The Kier molecular flexibility index (Phi) is 5.78. The molecule has 24 heavy (non-hydrogen) atoms. The van der Waals surface area contributed by atoms with Crippen molar-refractivity contribution in [1.82, 2.24) is 5.32 Å². The van der Waals surface area contributed by atoms with Crippen molar-refractivity contribution in [2.45, 2.75) is 6.92 Å². The van der Waals surface area contributed by atoms with Gasteiger partial charge in [-0.2, -0.15) is 0 Å². The molecule has 0 aromatic heterocycles. The lowest BCUT2D eigenvalue weighted by Gasteiger charge is -2.10. The smallest absolute Gasteiger partial charge is 0.273 e. The van der Waals surface area contributed by atoms with Crippen LogP contribution in [0.1, 0.15) is 15.9 Å². The first kappa shape index (κ1) is 18.2. The molecule has 0 saturated heterocycles. The van der Waals surface area contributed by atoms with Crippen LogP contribution in [-0.4, -0.2) is 15.9 Å². The summed E-state index contributed by atoms with van der Waals surface area (Å²) in [4.78, 5) is 22.5. The minimum atomic E-state index is -0.624. The Morgan fingerprint density at radius 2 is 2.00 bits per heavy atom. The summed E-state index contributed by atoms with van der Waals surface area (Å²) in [5.74, 6) is -1.13. The van der Waals surface area contributed by atoms with E-state index in [9.17, 15) is 19.3 Å². The number of amides is 1. The van der Waals surface area contributed by atoms with Gasteiger partial charge in [-0.25, -0.2) is 4.39 Å². The number of nitrogens with zero attached hydrogens (tertiary/aromatic N) is 1. The molecule has 124 valence electrons. The normalized spacial score (nSPS) is 10.1. The van der Waals surface area contributed by atoms with Crippen LogP contribution >= 0.6 is 34.8 Å². The fourth-order valence-electron chi connectivity index (χ4n) is 1.87. The lowest BCUT2D eigenvalue weighted by molar-refractivity contribution is -0.385. The van der Waals surface area contributed by atoms with Crippen LogP contribution in [-0.2, 0) is 0 Å². The monoisotopic (exact) mass is 459 g/mol. The van der Waals surface area contributed by atoms with Crippen LogP contribution in [0.2, 0.25) is 0 Å². The van der Waals surface area contributed by atoms with E-state index in [-0.39, 0.29) is 22.1 Å². The number of nitro benzene ring substituents is 1. The molecule has 0 saturated carbocycles. The van der Waals surface area contributed by atoms with Crippen molar-refractivity contribution in [3.05, 3.63) is 67.0 Å². The molecule has 2 aromatic rings. The second-order valence-corrected chi connectivity index (χ2v) is 6.44. The van der Waals surface area contributed by atoms with Crippen molar-refractivity contribution in [3.63, 3.8) is 0 Å². The number of nitro groups is 1. The first-order valence-corrected chi connectivity index (χ1v) is 8.09. The van der Waals surface area contributed by atoms with E-state index >= 15 is 0 Å². The Bertz CT molecular complexity index is 845. The summed E-state index contributed by atoms with van der Waals surface area (Å²) < 4.78 is 14.5. The molecule has 0 spiro atoms. The number of rotatable bonds is 3. The first-order chi connectivity index (χ1) is 11.3. The number of anilines is 1. The molecule has 0 atom stereocenters. The molecular weight excluding hydrogens is 448 g/mol. The predicted octanol–water partition coefficient (Wildman–Crippen LogP) is 3.77. The number of hydrogen-bond donors (Lipinski definition) is 2. The van der Waals surface area contributed by atoms with Gasteiger partial charge in [0.2, 0.25) is 0 Å². The third kappa shape index (κ3) is 4.45. The molecule has 0 heterocycles. The first-order valence-electron chi connectivity index (χ1n) is 6.60. The van der Waals surface area contributed by atoms with Crippen molar-refractivity contribution in [3.8, 4) is 0 Å². The van der Waals surface area contributed by atoms with Gasteiger partial charge in [-0.05, 0) is 66.0 Å². The Hall–Kier alpha value is -2.14. The van der Waals surface area contributed by atoms with Crippen LogP contribution in [0.25, 0.3) is 0 Å². The maximum Gasteiger partial charge on any atom is 0.273 e. The number of benzene rings is 2. The summed E-state index contributed by atoms with van der Waals surface area (Å²) in [6.45, 7) is 1.57. The van der Waals surface area contributed by atoms with Crippen LogP contribution in [0.4, 0.5) is 15.8 Å². The molecule has 9 heteroatoms. The fourth-order valence-corrected chi connectivity index (χ4v) is 2.52. The SMILES string of the molecule is Cc1ccc(C(=O)NC(=S)Nc2ccc(I)cc2F)cc1[N+](=O)[O-]. The zero-order valence-corrected chi connectivity index (χ0v) is 15.3. The number of carbonyl (C=O) groups excluding carboxylic acids is 1. The van der Waals surface area contributed by atoms with Gasteiger partial charge >= 0.3 is 0 Å². The summed E-state index contributed by atoms with van der Waals surface area (Å²) in [5, 5.41) is 15.7. The quantitative estimate of drug-likeness (QED) is 0.316. The average Bonchev–Trinajstić information content (AvgIpc) is 2.50. The number of aryl methyl sites for hydroxylation is 1. The predicted molar refractivity (Wildman–Crippen MR) is 101 cm³/mol. The molecule has 6 nitrogen and oxygen atoms in total. The lowest BCUT2D eigenvalue weighted by atomic mass is 10.1. The topological polar surface area (TPSA) is 84.3 Å². The van der Waals surface area contributed by atoms with Gasteiger partial charge < -0.3 is 5.32 Å². The number of hydrogen-bond acceptors (Lipinski definition) is 4. The maximum absolute atomic E-state index is 13.7. The van der Waals surface area contributed by atoms with Crippen LogP contribution < -0.4 is 10.6 Å². The summed E-state index contributed by atoms with van der Waals surface area (Å²) in [6.07, 6.45) is 0. The van der Waals surface area contributed by atoms with Gasteiger partial charge in [-0.1, -0.05) is 6.07 Å².